The summed E-state index contributed by atoms with van der Waals surface area (Å²) in [4.78, 5) is 22.3. The molecule has 23 heavy (non-hydrogen) atoms. The minimum absolute atomic E-state index is 0.00782. The Balaban J connectivity index is 3.02. The number of hydrogen-bond acceptors (Lipinski definition) is 5. The fourth-order valence-electron chi connectivity index (χ4n) is 1.88. The van der Waals surface area contributed by atoms with Crippen LogP contribution in [0, 0.1) is 0 Å². The standard InChI is InChI=1S/C14H21N3O5S/c1-3-4-9-17(10-14(19)16-20)23(21,22)13-7-5-12(6-8-13)15-11(2)18/h5-8,20H,3-4,9-10H2,1-2H3,(H,15,18)(H,16,19). The lowest BCUT2D eigenvalue weighted by Gasteiger charge is -2.21. The molecule has 0 spiro atoms. The number of nitrogens with one attached hydrogen (secondary N) is 2. The maximum Gasteiger partial charge on any atom is 0.258 e. The fraction of sp³-hybridized carbons (Fsp3) is 0.429. The van der Waals surface area contributed by atoms with Crippen LogP contribution < -0.4 is 10.8 Å². The zero-order valence-corrected chi connectivity index (χ0v) is 13.9. The number of unbranched alkanes of at least 4 members (excludes halogenated alkanes) is 1. The molecule has 0 saturated heterocycles. The predicted octanol–water partition coefficient (Wildman–Crippen LogP) is 0.941. The molecule has 0 aliphatic heterocycles. The van der Waals surface area contributed by atoms with Gasteiger partial charge >= 0.3 is 0 Å². The smallest absolute Gasteiger partial charge is 0.258 e. The van der Waals surface area contributed by atoms with E-state index >= 15 is 0 Å². The second-order valence-corrected chi connectivity index (χ2v) is 6.87. The van der Waals surface area contributed by atoms with Crippen molar-refractivity contribution in [2.45, 2.75) is 31.6 Å². The molecule has 1 rings (SSSR count). The van der Waals surface area contributed by atoms with E-state index in [9.17, 15) is 18.0 Å². The van der Waals surface area contributed by atoms with Crippen molar-refractivity contribution in [3.63, 3.8) is 0 Å². The Hall–Kier alpha value is -1.97. The van der Waals surface area contributed by atoms with Gasteiger partial charge in [0.1, 0.15) is 0 Å². The molecule has 8 nitrogen and oxygen atoms in total. The number of carbonyl (C=O) groups is 2. The van der Waals surface area contributed by atoms with Gasteiger partial charge in [-0.15, -0.1) is 0 Å². The van der Waals surface area contributed by atoms with Gasteiger partial charge in [0.05, 0.1) is 11.4 Å². The number of nitrogens with zero attached hydrogens (tertiary/aromatic N) is 1. The Labute approximate surface area is 135 Å². The molecular formula is C14H21N3O5S. The van der Waals surface area contributed by atoms with E-state index in [1.165, 1.54) is 36.7 Å². The largest absolute Gasteiger partial charge is 0.326 e. The summed E-state index contributed by atoms with van der Waals surface area (Å²) < 4.78 is 26.2. The molecule has 0 saturated carbocycles. The van der Waals surface area contributed by atoms with E-state index in [0.29, 0.717) is 12.1 Å². The van der Waals surface area contributed by atoms with E-state index < -0.39 is 22.5 Å². The molecule has 0 unspecified atom stereocenters. The first-order valence-corrected chi connectivity index (χ1v) is 8.56. The molecule has 0 radical (unpaired) electrons. The number of hydroxylamine groups is 1. The highest BCUT2D eigenvalue weighted by atomic mass is 32.2. The molecule has 0 aliphatic carbocycles. The van der Waals surface area contributed by atoms with Crippen molar-refractivity contribution < 1.29 is 23.2 Å². The summed E-state index contributed by atoms with van der Waals surface area (Å²) in [7, 11) is -3.88. The van der Waals surface area contributed by atoms with Crippen LogP contribution in [0.3, 0.4) is 0 Å². The molecule has 1 aromatic carbocycles. The monoisotopic (exact) mass is 343 g/mol. The lowest BCUT2D eigenvalue weighted by molar-refractivity contribution is -0.129. The maximum absolute atomic E-state index is 12.6. The van der Waals surface area contributed by atoms with E-state index in [4.69, 9.17) is 5.21 Å². The summed E-state index contributed by atoms with van der Waals surface area (Å²) in [5, 5.41) is 11.1. The van der Waals surface area contributed by atoms with Crippen LogP contribution in [0.5, 0.6) is 0 Å². The van der Waals surface area contributed by atoms with E-state index in [0.717, 1.165) is 10.7 Å². The third kappa shape index (κ3) is 5.62. The van der Waals surface area contributed by atoms with Gasteiger partial charge in [0.2, 0.25) is 15.9 Å². The summed E-state index contributed by atoms with van der Waals surface area (Å²) in [6.45, 7) is 2.95. The second kappa shape index (κ2) is 8.61. The summed E-state index contributed by atoms with van der Waals surface area (Å²) in [5.74, 6) is -1.07. The Kier molecular flexibility index (Phi) is 7.14. The zero-order valence-electron chi connectivity index (χ0n) is 13.1. The lowest BCUT2D eigenvalue weighted by atomic mass is 10.3. The van der Waals surface area contributed by atoms with Crippen LogP contribution >= 0.6 is 0 Å². The fourth-order valence-corrected chi connectivity index (χ4v) is 3.31. The quantitative estimate of drug-likeness (QED) is 0.480. The van der Waals surface area contributed by atoms with Crippen molar-refractivity contribution in [1.29, 1.82) is 0 Å². The molecule has 0 aromatic heterocycles. The number of carbonyl (C=O) groups excluding carboxylic acids is 2. The van der Waals surface area contributed by atoms with Crippen molar-refractivity contribution in [2.24, 2.45) is 0 Å². The molecule has 128 valence electrons. The van der Waals surface area contributed by atoms with Gasteiger partial charge in [-0.05, 0) is 30.7 Å². The topological polar surface area (TPSA) is 116 Å². The molecule has 1 aromatic rings. The van der Waals surface area contributed by atoms with Gasteiger partial charge < -0.3 is 5.32 Å². The van der Waals surface area contributed by atoms with Crippen LogP contribution in [0.4, 0.5) is 5.69 Å². The van der Waals surface area contributed by atoms with Gasteiger partial charge in [-0.1, -0.05) is 13.3 Å². The highest BCUT2D eigenvalue weighted by Crippen LogP contribution is 2.19. The summed E-state index contributed by atoms with van der Waals surface area (Å²) in [5.41, 5.74) is 1.91. The van der Waals surface area contributed by atoms with Gasteiger partial charge in [-0.25, -0.2) is 13.9 Å². The molecular weight excluding hydrogens is 322 g/mol. The van der Waals surface area contributed by atoms with Gasteiger partial charge in [0, 0.05) is 19.2 Å². The minimum Gasteiger partial charge on any atom is -0.326 e. The molecule has 0 bridgehead atoms. The number of hydrogen-bond donors (Lipinski definition) is 3. The van der Waals surface area contributed by atoms with E-state index in [2.05, 4.69) is 5.32 Å². The SMILES string of the molecule is CCCCN(CC(=O)NO)S(=O)(=O)c1ccc(NC(C)=O)cc1. The van der Waals surface area contributed by atoms with Crippen molar-refractivity contribution in [1.82, 2.24) is 9.79 Å². The summed E-state index contributed by atoms with van der Waals surface area (Å²) in [6.07, 6.45) is 1.34. The van der Waals surface area contributed by atoms with Crippen LogP contribution in [-0.2, 0) is 19.6 Å². The molecule has 2 amide bonds. The van der Waals surface area contributed by atoms with E-state index in [1.807, 2.05) is 6.92 Å². The average molecular weight is 343 g/mol. The Morgan fingerprint density at radius 2 is 1.83 bits per heavy atom. The Bertz CT molecular complexity index is 643. The molecule has 3 N–H and O–H groups in total. The number of sulfonamides is 1. The second-order valence-electron chi connectivity index (χ2n) is 4.93. The highest BCUT2D eigenvalue weighted by Gasteiger charge is 2.26. The van der Waals surface area contributed by atoms with Gasteiger partial charge in [-0.3, -0.25) is 14.8 Å². The van der Waals surface area contributed by atoms with Crippen molar-refractivity contribution in [3.8, 4) is 0 Å². The van der Waals surface area contributed by atoms with Crippen LogP contribution in [0.1, 0.15) is 26.7 Å². The van der Waals surface area contributed by atoms with E-state index in [-0.39, 0.29) is 17.3 Å². The van der Waals surface area contributed by atoms with Crippen LogP contribution in [0.25, 0.3) is 0 Å². The summed E-state index contributed by atoms with van der Waals surface area (Å²) in [6, 6.07) is 5.66. The maximum atomic E-state index is 12.6. The Morgan fingerprint density at radius 3 is 2.30 bits per heavy atom. The molecule has 0 atom stereocenters. The third-order valence-electron chi connectivity index (χ3n) is 3.02. The lowest BCUT2D eigenvalue weighted by Crippen LogP contribution is -2.40. The normalized spacial score (nSPS) is 11.3. The van der Waals surface area contributed by atoms with Crippen LogP contribution in [0.15, 0.2) is 29.2 Å². The van der Waals surface area contributed by atoms with Crippen LogP contribution in [-0.4, -0.2) is 42.8 Å². The molecule has 0 fully saturated rings. The zero-order chi connectivity index (χ0) is 17.5. The first kappa shape index (κ1) is 19.1. The highest BCUT2D eigenvalue weighted by molar-refractivity contribution is 7.89. The van der Waals surface area contributed by atoms with Gasteiger partial charge in [0.25, 0.3) is 5.91 Å². The van der Waals surface area contributed by atoms with Crippen molar-refractivity contribution in [3.05, 3.63) is 24.3 Å². The Morgan fingerprint density at radius 1 is 1.22 bits per heavy atom. The van der Waals surface area contributed by atoms with Crippen molar-refractivity contribution in [2.75, 3.05) is 18.4 Å². The molecule has 0 heterocycles. The third-order valence-corrected chi connectivity index (χ3v) is 4.88. The van der Waals surface area contributed by atoms with Gasteiger partial charge in [-0.2, -0.15) is 4.31 Å². The number of anilines is 1. The van der Waals surface area contributed by atoms with Gasteiger partial charge in [0.15, 0.2) is 0 Å². The number of benzene rings is 1. The van der Waals surface area contributed by atoms with Crippen molar-refractivity contribution >= 4 is 27.5 Å². The molecule has 0 aliphatic rings. The molecule has 9 heteroatoms. The van der Waals surface area contributed by atoms with Crippen LogP contribution in [0.2, 0.25) is 0 Å². The summed E-state index contributed by atoms with van der Waals surface area (Å²) >= 11 is 0. The minimum atomic E-state index is -3.88. The first-order chi connectivity index (χ1) is 10.8. The average Bonchev–Trinajstić information content (AvgIpc) is 2.50. The number of rotatable bonds is 8. The van der Waals surface area contributed by atoms with E-state index in [1.54, 1.807) is 0 Å². The number of amides is 2. The predicted molar refractivity (Wildman–Crippen MR) is 84.3 cm³/mol. The first-order valence-electron chi connectivity index (χ1n) is 7.12.